The first kappa shape index (κ1) is 35.2. The molecule has 0 spiro atoms. The fourth-order valence-corrected chi connectivity index (χ4v) is 6.28. The summed E-state index contributed by atoms with van der Waals surface area (Å²) in [7, 11) is -1.42. The van der Waals surface area contributed by atoms with Crippen LogP contribution in [0.3, 0.4) is 0 Å². The molecule has 2 amide bonds. The number of benzene rings is 3. The molecule has 1 N–H and O–H groups in total. The molecule has 0 saturated carbocycles. The molecule has 0 aliphatic rings. The van der Waals surface area contributed by atoms with Gasteiger partial charge in [-0.05, 0) is 75.1 Å². The lowest BCUT2D eigenvalue weighted by Gasteiger charge is -2.33. The highest BCUT2D eigenvalue weighted by Crippen LogP contribution is 2.33. The van der Waals surface area contributed by atoms with E-state index in [1.165, 1.54) is 37.3 Å². The van der Waals surface area contributed by atoms with Crippen molar-refractivity contribution in [2.45, 2.75) is 63.9 Å². The van der Waals surface area contributed by atoms with Gasteiger partial charge in [-0.15, -0.1) is 0 Å². The molecule has 3 rings (SSSR count). The molecule has 0 aliphatic carbocycles. The summed E-state index contributed by atoms with van der Waals surface area (Å²) in [5.74, 6) is 0.381. The predicted octanol–water partition coefficient (Wildman–Crippen LogP) is 5.06. The average Bonchev–Trinajstić information content (AvgIpc) is 3.05. The van der Waals surface area contributed by atoms with Crippen molar-refractivity contribution in [2.24, 2.45) is 0 Å². The van der Waals surface area contributed by atoms with Gasteiger partial charge in [-0.3, -0.25) is 13.9 Å². The molecule has 0 radical (unpaired) electrons. The summed E-state index contributed by atoms with van der Waals surface area (Å²) in [6.45, 7) is 7.71. The van der Waals surface area contributed by atoms with Crippen LogP contribution in [0.15, 0.2) is 77.7 Å². The second-order valence-electron chi connectivity index (χ2n) is 10.5. The number of methoxy groups -OCH3 is 2. The molecule has 0 heterocycles. The minimum atomic E-state index is -4.30. The van der Waals surface area contributed by atoms with Crippen molar-refractivity contribution in [3.05, 3.63) is 78.4 Å². The monoisotopic (exact) mass is 639 g/mol. The maximum Gasteiger partial charge on any atom is 0.264 e. The summed E-state index contributed by atoms with van der Waals surface area (Å²) in [5, 5.41) is 2.99. The Kier molecular flexibility index (Phi) is 13.1. The number of hydrogen-bond acceptors (Lipinski definition) is 7. The van der Waals surface area contributed by atoms with Crippen LogP contribution >= 0.6 is 0 Å². The topological polar surface area (TPSA) is 114 Å². The van der Waals surface area contributed by atoms with E-state index in [1.807, 2.05) is 58.0 Å². The molecule has 244 valence electrons. The summed E-state index contributed by atoms with van der Waals surface area (Å²) >= 11 is 0. The number of sulfonamides is 1. The Balaban J connectivity index is 2.07. The SMILES string of the molecule is CCOc1ccc(N(CC(=O)N(CCc2ccccc2)[C@H](CC)C(=O)N[C@H](C)CC)S(=O)(=O)c2ccc(OC)c(OC)c2)cc1. The highest BCUT2D eigenvalue weighted by molar-refractivity contribution is 7.92. The third kappa shape index (κ3) is 9.13. The van der Waals surface area contributed by atoms with Crippen molar-refractivity contribution in [1.82, 2.24) is 10.2 Å². The van der Waals surface area contributed by atoms with Gasteiger partial charge >= 0.3 is 0 Å². The van der Waals surface area contributed by atoms with E-state index in [0.29, 0.717) is 30.9 Å². The first-order valence-corrected chi connectivity index (χ1v) is 16.6. The van der Waals surface area contributed by atoms with Gasteiger partial charge in [-0.2, -0.15) is 0 Å². The Bertz CT molecular complexity index is 1500. The Morgan fingerprint density at radius 1 is 0.867 bits per heavy atom. The molecule has 45 heavy (non-hydrogen) atoms. The quantitative estimate of drug-likeness (QED) is 0.220. The normalized spacial score (nSPS) is 12.5. The Labute approximate surface area is 267 Å². The Morgan fingerprint density at radius 3 is 2.11 bits per heavy atom. The smallest absolute Gasteiger partial charge is 0.264 e. The van der Waals surface area contributed by atoms with Crippen LogP contribution in [0.1, 0.15) is 46.1 Å². The number of rotatable bonds is 17. The predicted molar refractivity (Wildman–Crippen MR) is 176 cm³/mol. The van der Waals surface area contributed by atoms with Crippen molar-refractivity contribution < 1.29 is 32.2 Å². The van der Waals surface area contributed by atoms with E-state index in [0.717, 1.165) is 16.3 Å². The van der Waals surface area contributed by atoms with Crippen LogP contribution in [0.25, 0.3) is 0 Å². The van der Waals surface area contributed by atoms with Gasteiger partial charge in [0.25, 0.3) is 10.0 Å². The lowest BCUT2D eigenvalue weighted by Crippen LogP contribution is -2.54. The van der Waals surface area contributed by atoms with Crippen molar-refractivity contribution >= 4 is 27.5 Å². The summed E-state index contributed by atoms with van der Waals surface area (Å²) in [5.41, 5.74) is 1.26. The van der Waals surface area contributed by atoms with Gasteiger partial charge in [-0.1, -0.05) is 44.2 Å². The van der Waals surface area contributed by atoms with Crippen molar-refractivity contribution in [3.63, 3.8) is 0 Å². The van der Waals surface area contributed by atoms with Gasteiger partial charge in [0.15, 0.2) is 11.5 Å². The van der Waals surface area contributed by atoms with Crippen LogP contribution in [0.4, 0.5) is 5.69 Å². The summed E-state index contributed by atoms with van der Waals surface area (Å²) < 4.78 is 45.8. The number of ether oxygens (including phenoxy) is 3. The van der Waals surface area contributed by atoms with Crippen LogP contribution in [-0.2, 0) is 26.0 Å². The van der Waals surface area contributed by atoms with Crippen molar-refractivity contribution in [2.75, 3.05) is 38.2 Å². The molecule has 0 saturated heterocycles. The van der Waals surface area contributed by atoms with Gasteiger partial charge in [0.2, 0.25) is 11.8 Å². The second kappa shape index (κ2) is 16.7. The van der Waals surface area contributed by atoms with E-state index < -0.39 is 28.5 Å². The molecule has 0 unspecified atom stereocenters. The van der Waals surface area contributed by atoms with E-state index in [4.69, 9.17) is 14.2 Å². The standard InChI is InChI=1S/C34H45N3O7S/c1-7-25(4)35-34(39)30(8-2)36(22-21-26-13-11-10-12-14-26)33(38)24-37(27-15-17-28(18-16-27)44-9-3)45(40,41)29-19-20-31(42-5)32(23-29)43-6/h10-20,23,25,30H,7-9,21-22,24H2,1-6H3,(H,35,39)/t25-,30-/m1/s1. The Morgan fingerprint density at radius 2 is 1.53 bits per heavy atom. The maximum absolute atomic E-state index is 14.3. The molecule has 2 atom stereocenters. The number of nitrogens with zero attached hydrogens (tertiary/aromatic N) is 2. The number of anilines is 1. The fourth-order valence-electron chi connectivity index (χ4n) is 4.85. The van der Waals surface area contributed by atoms with Gasteiger partial charge in [0, 0.05) is 18.7 Å². The molecular weight excluding hydrogens is 594 g/mol. The van der Waals surface area contributed by atoms with Crippen LogP contribution in [0, 0.1) is 0 Å². The second-order valence-corrected chi connectivity index (χ2v) is 12.4. The van der Waals surface area contributed by atoms with E-state index in [1.54, 1.807) is 24.3 Å². The van der Waals surface area contributed by atoms with Crippen LogP contribution < -0.4 is 23.8 Å². The highest BCUT2D eigenvalue weighted by atomic mass is 32.2. The molecule has 3 aromatic carbocycles. The lowest BCUT2D eigenvalue weighted by atomic mass is 10.1. The van der Waals surface area contributed by atoms with Crippen molar-refractivity contribution in [1.29, 1.82) is 0 Å². The summed E-state index contributed by atoms with van der Waals surface area (Å²) in [4.78, 5) is 29.1. The van der Waals surface area contributed by atoms with Gasteiger partial charge in [0.05, 0.1) is 31.4 Å². The fraction of sp³-hybridized carbons (Fsp3) is 0.412. The number of carbonyl (C=O) groups excluding carboxylic acids is 2. The van der Waals surface area contributed by atoms with E-state index in [9.17, 15) is 18.0 Å². The molecule has 0 aliphatic heterocycles. The van der Waals surface area contributed by atoms with Gasteiger partial charge in [0.1, 0.15) is 18.3 Å². The summed E-state index contributed by atoms with van der Waals surface area (Å²) in [6.07, 6.45) is 1.58. The van der Waals surface area contributed by atoms with Crippen molar-refractivity contribution in [3.8, 4) is 17.2 Å². The minimum absolute atomic E-state index is 0.0802. The largest absolute Gasteiger partial charge is 0.494 e. The number of carbonyl (C=O) groups is 2. The Hall–Kier alpha value is -4.25. The summed E-state index contributed by atoms with van der Waals surface area (Å²) in [6, 6.07) is 19.6. The van der Waals surface area contributed by atoms with Crippen LogP contribution in [0.2, 0.25) is 0 Å². The minimum Gasteiger partial charge on any atom is -0.494 e. The maximum atomic E-state index is 14.3. The third-order valence-corrected chi connectivity index (χ3v) is 9.30. The van der Waals surface area contributed by atoms with E-state index >= 15 is 0 Å². The lowest BCUT2D eigenvalue weighted by molar-refractivity contribution is -0.139. The number of hydrogen-bond donors (Lipinski definition) is 1. The number of nitrogens with one attached hydrogen (secondary N) is 1. The highest BCUT2D eigenvalue weighted by Gasteiger charge is 2.34. The zero-order valence-corrected chi connectivity index (χ0v) is 27.8. The van der Waals surface area contributed by atoms with E-state index in [2.05, 4.69) is 5.32 Å². The van der Waals surface area contributed by atoms with E-state index in [-0.39, 0.29) is 34.8 Å². The molecule has 10 nitrogen and oxygen atoms in total. The molecule has 0 fully saturated rings. The zero-order valence-electron chi connectivity index (χ0n) is 27.0. The molecule has 3 aromatic rings. The average molecular weight is 640 g/mol. The first-order valence-electron chi connectivity index (χ1n) is 15.2. The van der Waals surface area contributed by atoms with Crippen LogP contribution in [0.5, 0.6) is 17.2 Å². The number of amides is 2. The van der Waals surface area contributed by atoms with Gasteiger partial charge < -0.3 is 24.4 Å². The van der Waals surface area contributed by atoms with Crippen LogP contribution in [-0.4, -0.2) is 71.1 Å². The zero-order chi connectivity index (χ0) is 33.0. The first-order chi connectivity index (χ1) is 21.6. The molecule has 0 aromatic heterocycles. The third-order valence-electron chi connectivity index (χ3n) is 7.53. The van der Waals surface area contributed by atoms with Gasteiger partial charge in [-0.25, -0.2) is 8.42 Å². The molecular formula is C34H45N3O7S. The molecule has 11 heteroatoms. The molecule has 0 bridgehead atoms.